The van der Waals surface area contributed by atoms with Crippen molar-refractivity contribution < 1.29 is 4.21 Å². The van der Waals surface area contributed by atoms with E-state index in [9.17, 15) is 4.21 Å². The van der Waals surface area contributed by atoms with E-state index < -0.39 is 10.8 Å². The molecule has 2 fully saturated rings. The Labute approximate surface area is 110 Å². The summed E-state index contributed by atoms with van der Waals surface area (Å²) in [6.45, 7) is 2.05. The predicted molar refractivity (Wildman–Crippen MR) is 71.8 cm³/mol. The van der Waals surface area contributed by atoms with Gasteiger partial charge in [0.2, 0.25) is 0 Å². The summed E-state index contributed by atoms with van der Waals surface area (Å²) in [7, 11) is -0.929. The lowest BCUT2D eigenvalue weighted by Gasteiger charge is -2.25. The van der Waals surface area contributed by atoms with Gasteiger partial charge in [0.25, 0.3) is 0 Å². The van der Waals surface area contributed by atoms with Crippen LogP contribution in [0.4, 0.5) is 0 Å². The summed E-state index contributed by atoms with van der Waals surface area (Å²) in [6.07, 6.45) is 3.65. The summed E-state index contributed by atoms with van der Waals surface area (Å²) in [4.78, 5) is 0.943. The van der Waals surface area contributed by atoms with E-state index in [0.29, 0.717) is 11.8 Å². The maximum Gasteiger partial charge on any atom is 0.0589 e. The number of hydrogen-bond acceptors (Lipinski definition) is 1. The zero-order valence-corrected chi connectivity index (χ0v) is 11.5. The first-order valence-corrected chi connectivity index (χ1v) is 7.93. The average Bonchev–Trinajstić information content (AvgIpc) is 2.89. The maximum absolute atomic E-state index is 12.6. The number of hydrogen-bond donors (Lipinski definition) is 0. The number of alkyl halides is 1. The van der Waals surface area contributed by atoms with Crippen LogP contribution < -0.4 is 0 Å². The Morgan fingerprint density at radius 3 is 2.41 bits per heavy atom. The second-order valence-electron chi connectivity index (χ2n) is 5.35. The molecular weight excluding hydrogens is 252 g/mol. The lowest BCUT2D eigenvalue weighted by molar-refractivity contribution is 0.488. The van der Waals surface area contributed by atoms with Crippen LogP contribution in [-0.2, 0) is 10.8 Å². The predicted octanol–water partition coefficient (Wildman–Crippen LogP) is 3.51. The van der Waals surface area contributed by atoms with Crippen LogP contribution in [0, 0.1) is 18.8 Å². The minimum atomic E-state index is -0.929. The van der Waals surface area contributed by atoms with Gasteiger partial charge in [-0.05, 0) is 50.2 Å². The molecule has 1 aromatic carbocycles. The Hall–Kier alpha value is -0.340. The molecule has 0 unspecified atom stereocenters. The normalized spacial score (nSPS) is 37.3. The van der Waals surface area contributed by atoms with Crippen molar-refractivity contribution in [3.05, 3.63) is 29.8 Å². The highest BCUT2D eigenvalue weighted by Crippen LogP contribution is 2.50. The monoisotopic (exact) mass is 268 g/mol. The minimum absolute atomic E-state index is 0.121. The van der Waals surface area contributed by atoms with Crippen molar-refractivity contribution in [1.29, 1.82) is 0 Å². The molecule has 0 saturated heterocycles. The summed E-state index contributed by atoms with van der Waals surface area (Å²) in [5.41, 5.74) is 1.21. The van der Waals surface area contributed by atoms with Crippen LogP contribution in [0.2, 0.25) is 0 Å². The minimum Gasteiger partial charge on any atom is -0.254 e. The Kier molecular flexibility index (Phi) is 3.04. The van der Waals surface area contributed by atoms with Crippen molar-refractivity contribution in [2.24, 2.45) is 11.8 Å². The lowest BCUT2D eigenvalue weighted by atomic mass is 10.00. The van der Waals surface area contributed by atoms with Gasteiger partial charge in [-0.3, -0.25) is 4.21 Å². The van der Waals surface area contributed by atoms with Crippen molar-refractivity contribution in [3.63, 3.8) is 0 Å². The third-order valence-electron chi connectivity index (χ3n) is 4.24. The lowest BCUT2D eigenvalue weighted by Crippen LogP contribution is -2.32. The molecular formula is C14H17ClOS. The zero-order chi connectivity index (χ0) is 12.0. The Bertz CT molecular complexity index is 440. The molecule has 3 heteroatoms. The van der Waals surface area contributed by atoms with Gasteiger partial charge in [0.1, 0.15) is 0 Å². The summed E-state index contributed by atoms with van der Waals surface area (Å²) >= 11 is 6.46. The van der Waals surface area contributed by atoms with Gasteiger partial charge in [0.05, 0.1) is 21.4 Å². The Morgan fingerprint density at radius 1 is 1.18 bits per heavy atom. The van der Waals surface area contributed by atoms with E-state index in [1.807, 2.05) is 24.3 Å². The van der Waals surface area contributed by atoms with E-state index in [2.05, 4.69) is 6.92 Å². The van der Waals surface area contributed by atoms with E-state index in [4.69, 9.17) is 11.6 Å². The summed E-state index contributed by atoms with van der Waals surface area (Å²) in [5.74, 6) is 1.20. The third kappa shape index (κ3) is 1.96. The van der Waals surface area contributed by atoms with E-state index in [-0.39, 0.29) is 10.6 Å². The number of benzene rings is 1. The molecule has 5 atom stereocenters. The van der Waals surface area contributed by atoms with E-state index in [1.54, 1.807) is 0 Å². The molecule has 2 bridgehead atoms. The molecule has 0 spiro atoms. The van der Waals surface area contributed by atoms with E-state index >= 15 is 0 Å². The Morgan fingerprint density at radius 2 is 1.82 bits per heavy atom. The van der Waals surface area contributed by atoms with E-state index in [1.165, 1.54) is 24.8 Å². The standard InChI is InChI=1S/C14H17ClOS/c1-9-2-6-12(7-3-9)17(16)14-11-5-4-10(8-11)13(14)15/h2-3,6-7,10-11,13-14H,4-5,8H2,1H3/t10-,11+,13-,14-,17-/m0/s1. The summed E-state index contributed by atoms with van der Waals surface area (Å²) < 4.78 is 12.6. The molecule has 1 aromatic rings. The highest BCUT2D eigenvalue weighted by molar-refractivity contribution is 7.85. The summed E-state index contributed by atoms with van der Waals surface area (Å²) in [6, 6.07) is 8.04. The molecule has 0 aromatic heterocycles. The van der Waals surface area contributed by atoms with Gasteiger partial charge in [-0.15, -0.1) is 11.6 Å². The number of aryl methyl sites for hydroxylation is 1. The van der Waals surface area contributed by atoms with Crippen LogP contribution in [0.15, 0.2) is 29.2 Å². The van der Waals surface area contributed by atoms with Crippen LogP contribution in [0.3, 0.4) is 0 Å². The van der Waals surface area contributed by atoms with E-state index in [0.717, 1.165) is 4.90 Å². The topological polar surface area (TPSA) is 17.1 Å². The number of fused-ring (bicyclic) bond motifs is 2. The average molecular weight is 269 g/mol. The molecule has 0 heterocycles. The van der Waals surface area contributed by atoms with Crippen LogP contribution in [0.5, 0.6) is 0 Å². The van der Waals surface area contributed by atoms with Crippen molar-refractivity contribution in [2.45, 2.75) is 41.7 Å². The molecule has 17 heavy (non-hydrogen) atoms. The van der Waals surface area contributed by atoms with Crippen LogP contribution in [0.25, 0.3) is 0 Å². The van der Waals surface area contributed by atoms with Gasteiger partial charge in [0, 0.05) is 4.90 Å². The van der Waals surface area contributed by atoms with Crippen LogP contribution in [-0.4, -0.2) is 14.8 Å². The van der Waals surface area contributed by atoms with Gasteiger partial charge in [-0.2, -0.15) is 0 Å². The van der Waals surface area contributed by atoms with Gasteiger partial charge < -0.3 is 0 Å². The molecule has 2 aliphatic rings. The molecule has 1 nitrogen and oxygen atoms in total. The fourth-order valence-electron chi connectivity index (χ4n) is 3.29. The largest absolute Gasteiger partial charge is 0.254 e. The number of rotatable bonds is 2. The molecule has 0 aliphatic heterocycles. The molecule has 0 radical (unpaired) electrons. The van der Waals surface area contributed by atoms with Gasteiger partial charge >= 0.3 is 0 Å². The molecule has 92 valence electrons. The highest BCUT2D eigenvalue weighted by atomic mass is 35.5. The second kappa shape index (κ2) is 4.40. The first kappa shape index (κ1) is 11.7. The first-order chi connectivity index (χ1) is 8.16. The Balaban J connectivity index is 1.85. The fraction of sp³-hybridized carbons (Fsp3) is 0.571. The van der Waals surface area contributed by atoms with Crippen molar-refractivity contribution in [2.75, 3.05) is 0 Å². The van der Waals surface area contributed by atoms with Gasteiger partial charge in [0.15, 0.2) is 0 Å². The first-order valence-electron chi connectivity index (χ1n) is 6.28. The fourth-order valence-corrected chi connectivity index (χ4v) is 5.78. The molecule has 0 amide bonds. The smallest absolute Gasteiger partial charge is 0.0589 e. The molecule has 2 saturated carbocycles. The zero-order valence-electron chi connectivity index (χ0n) is 9.93. The number of halogens is 1. The molecule has 3 rings (SSSR count). The SMILES string of the molecule is Cc1ccc([S@](=O)[C@H]2[C@@H]3CC[C@@H](C3)[C@@H]2Cl)cc1. The molecule has 2 aliphatic carbocycles. The van der Waals surface area contributed by atoms with Crippen LogP contribution >= 0.6 is 11.6 Å². The summed E-state index contributed by atoms with van der Waals surface area (Å²) in [5, 5.41) is 0.300. The highest BCUT2D eigenvalue weighted by Gasteiger charge is 2.49. The van der Waals surface area contributed by atoms with Gasteiger partial charge in [-0.25, -0.2) is 0 Å². The van der Waals surface area contributed by atoms with Crippen molar-refractivity contribution in [1.82, 2.24) is 0 Å². The molecule has 0 N–H and O–H groups in total. The van der Waals surface area contributed by atoms with Crippen molar-refractivity contribution >= 4 is 22.4 Å². The third-order valence-corrected chi connectivity index (χ3v) is 6.93. The van der Waals surface area contributed by atoms with Gasteiger partial charge in [-0.1, -0.05) is 17.7 Å². The van der Waals surface area contributed by atoms with Crippen LogP contribution in [0.1, 0.15) is 24.8 Å². The maximum atomic E-state index is 12.6. The van der Waals surface area contributed by atoms with Crippen molar-refractivity contribution in [3.8, 4) is 0 Å². The quantitative estimate of drug-likeness (QED) is 0.751. The second-order valence-corrected chi connectivity index (χ2v) is 7.47.